The number of nitrogens with one attached hydrogen (secondary N) is 2. The van der Waals surface area contributed by atoms with Crippen molar-refractivity contribution in [3.05, 3.63) is 88.4 Å². The van der Waals surface area contributed by atoms with Crippen LogP contribution in [-0.4, -0.2) is 31.7 Å². The summed E-state index contributed by atoms with van der Waals surface area (Å²) in [5.74, 6) is 0.424. The summed E-state index contributed by atoms with van der Waals surface area (Å²) in [6.45, 7) is 1.75. The molecule has 0 aliphatic carbocycles. The van der Waals surface area contributed by atoms with Gasteiger partial charge in [-0.05, 0) is 67.1 Å². The van der Waals surface area contributed by atoms with Crippen molar-refractivity contribution >= 4 is 35.3 Å². The SMILES string of the molecule is COc1ccc(NC(=O)COc2ccc(/C=N/NC(=O)c3ccc(C)cc3)cc2Cl)cc1. The summed E-state index contributed by atoms with van der Waals surface area (Å²) in [6, 6.07) is 19.1. The number of hydrazone groups is 1. The fourth-order valence-electron chi connectivity index (χ4n) is 2.66. The summed E-state index contributed by atoms with van der Waals surface area (Å²) in [7, 11) is 1.57. The standard InChI is InChI=1S/C24H22ClN3O4/c1-16-3-6-18(7-4-16)24(30)28-26-14-17-5-12-22(21(25)13-17)32-15-23(29)27-19-8-10-20(31-2)11-9-19/h3-14H,15H2,1-2H3,(H,27,29)(H,28,30)/b26-14+. The molecule has 3 aromatic carbocycles. The predicted molar refractivity (Wildman–Crippen MR) is 125 cm³/mol. The number of carbonyl (C=O) groups is 2. The third-order valence-electron chi connectivity index (χ3n) is 4.38. The maximum Gasteiger partial charge on any atom is 0.271 e. The molecule has 0 atom stereocenters. The van der Waals surface area contributed by atoms with Crippen molar-refractivity contribution in [3.8, 4) is 11.5 Å². The lowest BCUT2D eigenvalue weighted by Crippen LogP contribution is -2.20. The van der Waals surface area contributed by atoms with E-state index < -0.39 is 0 Å². The average Bonchev–Trinajstić information content (AvgIpc) is 2.79. The maximum atomic E-state index is 12.1. The Morgan fingerprint density at radius 1 is 1.03 bits per heavy atom. The van der Waals surface area contributed by atoms with Crippen LogP contribution >= 0.6 is 11.6 Å². The van der Waals surface area contributed by atoms with Crippen molar-refractivity contribution < 1.29 is 19.1 Å². The predicted octanol–water partition coefficient (Wildman–Crippen LogP) is 4.44. The van der Waals surface area contributed by atoms with Gasteiger partial charge >= 0.3 is 0 Å². The van der Waals surface area contributed by atoms with Gasteiger partial charge in [0.2, 0.25) is 0 Å². The molecule has 2 amide bonds. The van der Waals surface area contributed by atoms with Gasteiger partial charge in [-0.25, -0.2) is 5.43 Å². The molecule has 0 saturated carbocycles. The van der Waals surface area contributed by atoms with Crippen molar-refractivity contribution in [2.75, 3.05) is 19.0 Å². The minimum Gasteiger partial charge on any atom is -0.497 e. The van der Waals surface area contributed by atoms with E-state index in [-0.39, 0.29) is 18.4 Å². The number of amides is 2. The Morgan fingerprint density at radius 3 is 2.41 bits per heavy atom. The smallest absolute Gasteiger partial charge is 0.271 e. The monoisotopic (exact) mass is 451 g/mol. The molecule has 0 aliphatic rings. The van der Waals surface area contributed by atoms with Crippen LogP contribution in [0.4, 0.5) is 5.69 Å². The molecule has 8 heteroatoms. The number of carbonyl (C=O) groups excluding carboxylic acids is 2. The van der Waals surface area contributed by atoms with Crippen molar-refractivity contribution in [1.82, 2.24) is 5.43 Å². The average molecular weight is 452 g/mol. The van der Waals surface area contributed by atoms with Crippen LogP contribution in [0.5, 0.6) is 11.5 Å². The molecule has 0 spiro atoms. The topological polar surface area (TPSA) is 89.0 Å². The second kappa shape index (κ2) is 11.0. The molecule has 0 aromatic heterocycles. The van der Waals surface area contributed by atoms with E-state index in [9.17, 15) is 9.59 Å². The van der Waals surface area contributed by atoms with E-state index in [2.05, 4.69) is 15.8 Å². The first-order valence-corrected chi connectivity index (χ1v) is 10.1. The Bertz CT molecular complexity index is 1110. The summed E-state index contributed by atoms with van der Waals surface area (Å²) >= 11 is 6.24. The highest BCUT2D eigenvalue weighted by atomic mass is 35.5. The molecule has 3 aromatic rings. The fourth-order valence-corrected chi connectivity index (χ4v) is 2.91. The number of benzene rings is 3. The first-order valence-electron chi connectivity index (χ1n) is 9.71. The molecular formula is C24H22ClN3O4. The highest BCUT2D eigenvalue weighted by Gasteiger charge is 2.08. The largest absolute Gasteiger partial charge is 0.497 e. The maximum absolute atomic E-state index is 12.1. The highest BCUT2D eigenvalue weighted by Crippen LogP contribution is 2.25. The number of anilines is 1. The Labute approximate surface area is 191 Å². The lowest BCUT2D eigenvalue weighted by atomic mass is 10.1. The van der Waals surface area contributed by atoms with Gasteiger partial charge in [-0.15, -0.1) is 0 Å². The van der Waals surface area contributed by atoms with Gasteiger partial charge in [0.25, 0.3) is 11.8 Å². The van der Waals surface area contributed by atoms with Gasteiger partial charge in [0.05, 0.1) is 18.3 Å². The fraction of sp³-hybridized carbons (Fsp3) is 0.125. The normalized spacial score (nSPS) is 10.6. The Hall–Kier alpha value is -3.84. The number of hydrogen-bond donors (Lipinski definition) is 2. The van der Waals surface area contributed by atoms with Crippen molar-refractivity contribution in [2.45, 2.75) is 6.92 Å². The molecule has 0 heterocycles. The van der Waals surface area contributed by atoms with Gasteiger partial charge in [0.1, 0.15) is 11.5 Å². The molecule has 2 N–H and O–H groups in total. The molecule has 0 radical (unpaired) electrons. The van der Waals surface area contributed by atoms with Crippen LogP contribution in [0, 0.1) is 6.92 Å². The highest BCUT2D eigenvalue weighted by molar-refractivity contribution is 6.32. The van der Waals surface area contributed by atoms with Gasteiger partial charge in [0.15, 0.2) is 6.61 Å². The van der Waals surface area contributed by atoms with Crippen LogP contribution in [0.25, 0.3) is 0 Å². The molecule has 0 fully saturated rings. The second-order valence-electron chi connectivity index (χ2n) is 6.82. The second-order valence-corrected chi connectivity index (χ2v) is 7.23. The number of ether oxygens (including phenoxy) is 2. The third-order valence-corrected chi connectivity index (χ3v) is 4.68. The summed E-state index contributed by atoms with van der Waals surface area (Å²) in [6.07, 6.45) is 1.47. The van der Waals surface area contributed by atoms with Gasteiger partial charge in [-0.1, -0.05) is 29.3 Å². The zero-order valence-electron chi connectivity index (χ0n) is 17.6. The molecule has 0 unspecified atom stereocenters. The van der Waals surface area contributed by atoms with Gasteiger partial charge < -0.3 is 14.8 Å². The lowest BCUT2D eigenvalue weighted by Gasteiger charge is -2.09. The Kier molecular flexibility index (Phi) is 7.83. The number of aryl methyl sites for hydroxylation is 1. The third kappa shape index (κ3) is 6.58. The van der Waals surface area contributed by atoms with E-state index in [1.54, 1.807) is 61.7 Å². The number of hydrogen-bond acceptors (Lipinski definition) is 5. The molecule has 0 saturated heterocycles. The van der Waals surface area contributed by atoms with Gasteiger partial charge in [-0.3, -0.25) is 9.59 Å². The van der Waals surface area contributed by atoms with Gasteiger partial charge in [-0.2, -0.15) is 5.10 Å². The van der Waals surface area contributed by atoms with Crippen molar-refractivity contribution in [2.24, 2.45) is 5.10 Å². The summed E-state index contributed by atoms with van der Waals surface area (Å²) in [5, 5.41) is 6.99. The molecule has 0 bridgehead atoms. The van der Waals surface area contributed by atoms with E-state index in [1.165, 1.54) is 6.21 Å². The van der Waals surface area contributed by atoms with Crippen LogP contribution in [0.1, 0.15) is 21.5 Å². The number of halogens is 1. The van der Waals surface area contributed by atoms with E-state index in [0.717, 1.165) is 5.56 Å². The van der Waals surface area contributed by atoms with Crippen LogP contribution in [0.3, 0.4) is 0 Å². The Balaban J connectivity index is 1.50. The van der Waals surface area contributed by atoms with Crippen molar-refractivity contribution in [3.63, 3.8) is 0 Å². The minimum absolute atomic E-state index is 0.203. The van der Waals surface area contributed by atoms with Gasteiger partial charge in [0, 0.05) is 11.3 Å². The minimum atomic E-state index is -0.323. The summed E-state index contributed by atoms with van der Waals surface area (Å²) < 4.78 is 10.6. The van der Waals surface area contributed by atoms with E-state index >= 15 is 0 Å². The first kappa shape index (κ1) is 22.8. The van der Waals surface area contributed by atoms with E-state index in [1.807, 2.05) is 19.1 Å². The lowest BCUT2D eigenvalue weighted by molar-refractivity contribution is -0.118. The zero-order valence-corrected chi connectivity index (χ0v) is 18.3. The number of nitrogens with zero attached hydrogens (tertiary/aromatic N) is 1. The summed E-state index contributed by atoms with van der Waals surface area (Å²) in [5.41, 5.74) is 5.34. The van der Waals surface area contributed by atoms with E-state index in [0.29, 0.717) is 33.3 Å². The molecule has 3 rings (SSSR count). The van der Waals surface area contributed by atoms with Crippen LogP contribution in [-0.2, 0) is 4.79 Å². The van der Waals surface area contributed by atoms with Crippen LogP contribution < -0.4 is 20.2 Å². The molecule has 32 heavy (non-hydrogen) atoms. The molecule has 0 aliphatic heterocycles. The number of methoxy groups -OCH3 is 1. The molecule has 7 nitrogen and oxygen atoms in total. The molecular weight excluding hydrogens is 430 g/mol. The van der Waals surface area contributed by atoms with Crippen LogP contribution in [0.15, 0.2) is 71.8 Å². The van der Waals surface area contributed by atoms with E-state index in [4.69, 9.17) is 21.1 Å². The summed E-state index contributed by atoms with van der Waals surface area (Å²) in [4.78, 5) is 24.2. The zero-order chi connectivity index (χ0) is 22.9. The quantitative estimate of drug-likeness (QED) is 0.391. The molecule has 164 valence electrons. The number of rotatable bonds is 8. The first-order chi connectivity index (χ1) is 15.4. The Morgan fingerprint density at radius 2 is 1.75 bits per heavy atom. The van der Waals surface area contributed by atoms with Crippen molar-refractivity contribution in [1.29, 1.82) is 0 Å². The van der Waals surface area contributed by atoms with Crippen LogP contribution in [0.2, 0.25) is 5.02 Å².